The Labute approximate surface area is 113 Å². The van der Waals surface area contributed by atoms with Crippen molar-refractivity contribution in [2.45, 2.75) is 84.5 Å². The van der Waals surface area contributed by atoms with E-state index in [4.69, 9.17) is 17.0 Å². The fraction of sp³-hybridized carbons (Fsp3) is 0.933. The number of unbranched alkanes of at least 4 members (excludes halogenated alkanes) is 8. The summed E-state index contributed by atoms with van der Waals surface area (Å²) in [7, 11) is 0. The highest BCUT2D eigenvalue weighted by atomic mass is 32.1. The Morgan fingerprint density at radius 1 is 0.765 bits per heavy atom. The van der Waals surface area contributed by atoms with Gasteiger partial charge in [-0.25, -0.2) is 0 Å². The second-order valence-corrected chi connectivity index (χ2v) is 5.25. The number of hydrogen-bond donors (Lipinski definition) is 0. The predicted molar refractivity (Wildman–Crippen MR) is 80.7 cm³/mol. The Kier molecular flexibility index (Phi) is 13.9. The first-order chi connectivity index (χ1) is 8.31. The molecule has 0 saturated heterocycles. The van der Waals surface area contributed by atoms with Crippen LogP contribution in [0.4, 0.5) is 0 Å². The quantitative estimate of drug-likeness (QED) is 0.330. The van der Waals surface area contributed by atoms with E-state index in [0.29, 0.717) is 0 Å². The molecule has 0 saturated carbocycles. The molecule has 0 aromatic heterocycles. The first-order valence-corrected chi connectivity index (χ1v) is 7.87. The first-order valence-electron chi connectivity index (χ1n) is 7.46. The summed E-state index contributed by atoms with van der Waals surface area (Å²) >= 11 is 5.15. The van der Waals surface area contributed by atoms with Gasteiger partial charge in [-0.1, -0.05) is 65.2 Å². The average Bonchev–Trinajstić information content (AvgIpc) is 2.34. The topological polar surface area (TPSA) is 9.23 Å². The molecule has 102 valence electrons. The van der Waals surface area contributed by atoms with Gasteiger partial charge in [0.2, 0.25) is 0 Å². The van der Waals surface area contributed by atoms with Crippen LogP contribution in [0.15, 0.2) is 0 Å². The highest BCUT2D eigenvalue weighted by Gasteiger charge is 1.97. The second kappa shape index (κ2) is 14.0. The molecule has 0 aliphatic carbocycles. The van der Waals surface area contributed by atoms with Crippen LogP contribution in [-0.4, -0.2) is 11.7 Å². The molecule has 0 aromatic rings. The van der Waals surface area contributed by atoms with E-state index in [0.717, 1.165) is 24.5 Å². The van der Waals surface area contributed by atoms with Crippen LogP contribution in [0.25, 0.3) is 0 Å². The monoisotopic (exact) mass is 258 g/mol. The Bertz CT molecular complexity index is 168. The molecule has 0 heterocycles. The van der Waals surface area contributed by atoms with Crippen molar-refractivity contribution < 1.29 is 4.74 Å². The molecule has 0 spiro atoms. The Balaban J connectivity index is 3.05. The molecular formula is C15H30OS. The summed E-state index contributed by atoms with van der Waals surface area (Å²) < 4.78 is 5.52. The summed E-state index contributed by atoms with van der Waals surface area (Å²) in [5, 5.41) is 0.815. The van der Waals surface area contributed by atoms with Gasteiger partial charge in [-0.2, -0.15) is 0 Å². The van der Waals surface area contributed by atoms with E-state index < -0.39 is 0 Å². The minimum absolute atomic E-state index is 0.815. The van der Waals surface area contributed by atoms with E-state index in [-0.39, 0.29) is 0 Å². The summed E-state index contributed by atoms with van der Waals surface area (Å²) in [4.78, 5) is 0. The van der Waals surface area contributed by atoms with Crippen molar-refractivity contribution >= 4 is 17.3 Å². The molecule has 0 aliphatic heterocycles. The van der Waals surface area contributed by atoms with E-state index in [1.165, 1.54) is 57.8 Å². The molecular weight excluding hydrogens is 228 g/mol. The molecule has 2 heteroatoms. The van der Waals surface area contributed by atoms with Crippen LogP contribution in [0.2, 0.25) is 0 Å². The predicted octanol–water partition coefficient (Wildman–Crippen LogP) is 5.66. The normalized spacial score (nSPS) is 10.5. The van der Waals surface area contributed by atoms with Crippen molar-refractivity contribution in [3.8, 4) is 0 Å². The van der Waals surface area contributed by atoms with Gasteiger partial charge in [-0.05, 0) is 25.1 Å². The van der Waals surface area contributed by atoms with Gasteiger partial charge in [0.15, 0.2) is 5.05 Å². The molecule has 0 unspecified atom stereocenters. The zero-order valence-corrected chi connectivity index (χ0v) is 12.6. The molecule has 1 nitrogen and oxygen atoms in total. The smallest absolute Gasteiger partial charge is 0.159 e. The first kappa shape index (κ1) is 16.9. The number of rotatable bonds is 12. The van der Waals surface area contributed by atoms with Crippen LogP contribution in [-0.2, 0) is 4.74 Å². The van der Waals surface area contributed by atoms with E-state index in [9.17, 15) is 0 Å². The van der Waals surface area contributed by atoms with Gasteiger partial charge in [-0.3, -0.25) is 0 Å². The van der Waals surface area contributed by atoms with Crippen molar-refractivity contribution in [3.05, 3.63) is 0 Å². The van der Waals surface area contributed by atoms with Crippen molar-refractivity contribution in [1.29, 1.82) is 0 Å². The maximum atomic E-state index is 5.52. The number of thiocarbonyl (C=S) groups is 1. The van der Waals surface area contributed by atoms with Crippen LogP contribution in [0.5, 0.6) is 0 Å². The largest absolute Gasteiger partial charge is 0.487 e. The fourth-order valence-corrected chi connectivity index (χ4v) is 2.04. The van der Waals surface area contributed by atoms with Gasteiger partial charge in [0.25, 0.3) is 0 Å². The van der Waals surface area contributed by atoms with Gasteiger partial charge in [0.1, 0.15) is 0 Å². The summed E-state index contributed by atoms with van der Waals surface area (Å²) in [6.45, 7) is 5.28. The summed E-state index contributed by atoms with van der Waals surface area (Å²) in [6, 6.07) is 0. The van der Waals surface area contributed by atoms with Crippen molar-refractivity contribution in [1.82, 2.24) is 0 Å². The summed E-state index contributed by atoms with van der Waals surface area (Å²) in [5.41, 5.74) is 0. The molecule has 0 N–H and O–H groups in total. The van der Waals surface area contributed by atoms with Gasteiger partial charge in [0.05, 0.1) is 6.61 Å². The third-order valence-corrected chi connectivity index (χ3v) is 3.32. The van der Waals surface area contributed by atoms with Gasteiger partial charge >= 0.3 is 0 Å². The SMILES string of the molecule is CCCCCCCCCCOC(=S)CCCC. The van der Waals surface area contributed by atoms with E-state index >= 15 is 0 Å². The van der Waals surface area contributed by atoms with Crippen molar-refractivity contribution in [2.75, 3.05) is 6.61 Å². The fourth-order valence-electron chi connectivity index (χ4n) is 1.82. The van der Waals surface area contributed by atoms with Gasteiger partial charge in [0, 0.05) is 6.42 Å². The van der Waals surface area contributed by atoms with E-state index in [1.807, 2.05) is 0 Å². The molecule has 0 atom stereocenters. The maximum absolute atomic E-state index is 5.52. The third kappa shape index (κ3) is 13.8. The van der Waals surface area contributed by atoms with Crippen molar-refractivity contribution in [3.63, 3.8) is 0 Å². The molecule has 0 radical (unpaired) electrons. The zero-order chi connectivity index (χ0) is 12.8. The lowest BCUT2D eigenvalue weighted by molar-refractivity contribution is 0.291. The second-order valence-electron chi connectivity index (χ2n) is 4.80. The third-order valence-electron chi connectivity index (χ3n) is 3.00. The van der Waals surface area contributed by atoms with Gasteiger partial charge < -0.3 is 4.74 Å². The van der Waals surface area contributed by atoms with Crippen LogP contribution in [0.3, 0.4) is 0 Å². The summed E-state index contributed by atoms with van der Waals surface area (Å²) in [6.07, 6.45) is 14.1. The van der Waals surface area contributed by atoms with Crippen molar-refractivity contribution in [2.24, 2.45) is 0 Å². The lowest BCUT2D eigenvalue weighted by Crippen LogP contribution is -2.03. The highest BCUT2D eigenvalue weighted by Crippen LogP contribution is 2.08. The molecule has 0 aromatic carbocycles. The summed E-state index contributed by atoms with van der Waals surface area (Å²) in [5.74, 6) is 0. The lowest BCUT2D eigenvalue weighted by atomic mass is 10.1. The molecule has 0 fully saturated rings. The highest BCUT2D eigenvalue weighted by molar-refractivity contribution is 7.80. The lowest BCUT2D eigenvalue weighted by Gasteiger charge is -2.06. The standard InChI is InChI=1S/C15H30OS/c1-3-5-7-8-9-10-11-12-14-16-15(17)13-6-4-2/h3-14H2,1-2H3. The van der Waals surface area contributed by atoms with E-state index in [1.54, 1.807) is 0 Å². The van der Waals surface area contributed by atoms with Crippen LogP contribution >= 0.6 is 12.2 Å². The Morgan fingerprint density at radius 3 is 1.88 bits per heavy atom. The van der Waals surface area contributed by atoms with Crippen LogP contribution in [0, 0.1) is 0 Å². The van der Waals surface area contributed by atoms with Gasteiger partial charge in [-0.15, -0.1) is 0 Å². The van der Waals surface area contributed by atoms with Crippen LogP contribution < -0.4 is 0 Å². The molecule has 0 aliphatic rings. The number of hydrogen-bond acceptors (Lipinski definition) is 2. The van der Waals surface area contributed by atoms with E-state index in [2.05, 4.69) is 13.8 Å². The van der Waals surface area contributed by atoms with Crippen LogP contribution in [0.1, 0.15) is 84.5 Å². The maximum Gasteiger partial charge on any atom is 0.159 e. The minimum atomic E-state index is 0.815. The Morgan fingerprint density at radius 2 is 1.29 bits per heavy atom. The number of ether oxygens (including phenoxy) is 1. The molecule has 0 bridgehead atoms. The molecule has 0 amide bonds. The minimum Gasteiger partial charge on any atom is -0.487 e. The average molecular weight is 258 g/mol. The zero-order valence-electron chi connectivity index (χ0n) is 11.8. The molecule has 17 heavy (non-hydrogen) atoms. The molecule has 0 rings (SSSR count). The Hall–Kier alpha value is -0.110.